The van der Waals surface area contributed by atoms with Crippen LogP contribution in [-0.2, 0) is 11.3 Å². The number of aryl methyl sites for hydroxylation is 3. The molecule has 0 aliphatic carbocycles. The van der Waals surface area contributed by atoms with Crippen LogP contribution in [0.15, 0.2) is 71.6 Å². The molecular formula is C25H24N2OS2. The largest absolute Gasteiger partial charge is 0.283 e. The van der Waals surface area contributed by atoms with Crippen molar-refractivity contribution in [3.05, 3.63) is 89.0 Å². The summed E-state index contributed by atoms with van der Waals surface area (Å²) in [6, 6.07) is 22.7. The number of nitrogens with zero attached hydrogens (tertiary/aromatic N) is 2. The van der Waals surface area contributed by atoms with Crippen LogP contribution < -0.4 is 4.90 Å². The highest BCUT2D eigenvalue weighted by Crippen LogP contribution is 2.33. The van der Waals surface area contributed by atoms with Gasteiger partial charge in [0.1, 0.15) is 0 Å². The molecule has 0 bridgehead atoms. The zero-order valence-corrected chi connectivity index (χ0v) is 19.0. The van der Waals surface area contributed by atoms with E-state index in [4.69, 9.17) is 4.98 Å². The Balaban J connectivity index is 1.63. The molecule has 0 atom stereocenters. The minimum absolute atomic E-state index is 0.0675. The molecule has 0 aliphatic rings. The summed E-state index contributed by atoms with van der Waals surface area (Å²) >= 11 is 3.16. The van der Waals surface area contributed by atoms with Crippen molar-refractivity contribution in [3.63, 3.8) is 0 Å². The molecule has 0 radical (unpaired) electrons. The van der Waals surface area contributed by atoms with Gasteiger partial charge in [0.05, 0.1) is 22.5 Å². The quantitative estimate of drug-likeness (QED) is 0.324. The van der Waals surface area contributed by atoms with E-state index in [0.717, 1.165) is 31.4 Å². The summed E-state index contributed by atoms with van der Waals surface area (Å²) in [7, 11) is 0. The number of hydrogen-bond acceptors (Lipinski definition) is 4. The number of thioether (sulfide) groups is 1. The standard InChI is InChI=1S/C25H24N2OS2/c1-17-9-11-21(12-10-17)29-16-23(28)27(15-20-7-5-4-6-8-20)25-26-24-19(3)13-18(2)14-22(24)30-25/h4-14H,15-16H2,1-3H3. The third-order valence-corrected chi connectivity index (χ3v) is 6.94. The molecule has 0 N–H and O–H groups in total. The van der Waals surface area contributed by atoms with Gasteiger partial charge in [-0.3, -0.25) is 9.69 Å². The Morgan fingerprint density at radius 1 is 0.967 bits per heavy atom. The summed E-state index contributed by atoms with van der Waals surface area (Å²) in [5.74, 6) is 0.446. The summed E-state index contributed by atoms with van der Waals surface area (Å²) in [6.45, 7) is 6.76. The van der Waals surface area contributed by atoms with Crippen LogP contribution in [0.5, 0.6) is 0 Å². The second-order valence-electron chi connectivity index (χ2n) is 7.49. The lowest BCUT2D eigenvalue weighted by molar-refractivity contribution is -0.116. The Hall–Kier alpha value is -2.63. The molecule has 1 aromatic heterocycles. The smallest absolute Gasteiger partial charge is 0.239 e. The first-order valence-electron chi connectivity index (χ1n) is 9.91. The predicted octanol–water partition coefficient (Wildman–Crippen LogP) is 6.55. The topological polar surface area (TPSA) is 33.2 Å². The Morgan fingerprint density at radius 2 is 1.70 bits per heavy atom. The Morgan fingerprint density at radius 3 is 2.43 bits per heavy atom. The van der Waals surface area contributed by atoms with Gasteiger partial charge in [-0.2, -0.15) is 0 Å². The number of carbonyl (C=O) groups is 1. The third-order valence-electron chi connectivity index (χ3n) is 4.92. The van der Waals surface area contributed by atoms with Gasteiger partial charge in [-0.25, -0.2) is 4.98 Å². The molecule has 0 fully saturated rings. The number of rotatable bonds is 6. The highest BCUT2D eigenvalue weighted by molar-refractivity contribution is 8.00. The minimum Gasteiger partial charge on any atom is -0.283 e. The van der Waals surface area contributed by atoms with Gasteiger partial charge >= 0.3 is 0 Å². The van der Waals surface area contributed by atoms with E-state index in [0.29, 0.717) is 12.3 Å². The van der Waals surface area contributed by atoms with E-state index in [1.54, 1.807) is 23.1 Å². The van der Waals surface area contributed by atoms with Crippen LogP contribution in [-0.4, -0.2) is 16.6 Å². The second-order valence-corrected chi connectivity index (χ2v) is 9.55. The molecule has 1 amide bonds. The van der Waals surface area contributed by atoms with Gasteiger partial charge in [-0.1, -0.05) is 65.4 Å². The van der Waals surface area contributed by atoms with Crippen molar-refractivity contribution in [2.45, 2.75) is 32.2 Å². The van der Waals surface area contributed by atoms with E-state index in [2.05, 4.69) is 69.3 Å². The lowest BCUT2D eigenvalue weighted by Crippen LogP contribution is -2.31. The van der Waals surface area contributed by atoms with E-state index in [9.17, 15) is 4.79 Å². The number of anilines is 1. The Kier molecular flexibility index (Phi) is 6.21. The number of benzene rings is 3. The molecule has 4 aromatic rings. The zero-order valence-electron chi connectivity index (χ0n) is 17.4. The number of fused-ring (bicyclic) bond motifs is 1. The highest BCUT2D eigenvalue weighted by atomic mass is 32.2. The average Bonchev–Trinajstić information content (AvgIpc) is 3.16. The van der Waals surface area contributed by atoms with Crippen molar-refractivity contribution in [1.82, 2.24) is 4.98 Å². The van der Waals surface area contributed by atoms with Crippen molar-refractivity contribution in [3.8, 4) is 0 Å². The molecule has 0 spiro atoms. The SMILES string of the molecule is Cc1ccc(SCC(=O)N(Cc2ccccc2)c2nc3c(C)cc(C)cc3s2)cc1. The molecule has 152 valence electrons. The molecule has 3 aromatic carbocycles. The number of aromatic nitrogens is 1. The maximum atomic E-state index is 13.3. The maximum Gasteiger partial charge on any atom is 0.239 e. The number of hydrogen-bond donors (Lipinski definition) is 0. The fourth-order valence-electron chi connectivity index (χ4n) is 3.36. The second kappa shape index (κ2) is 9.02. The third kappa shape index (κ3) is 4.74. The van der Waals surface area contributed by atoms with Gasteiger partial charge in [0.2, 0.25) is 5.91 Å². The van der Waals surface area contributed by atoms with Crippen molar-refractivity contribution >= 4 is 44.4 Å². The summed E-state index contributed by atoms with van der Waals surface area (Å²) in [4.78, 5) is 21.1. The van der Waals surface area contributed by atoms with E-state index in [1.165, 1.54) is 11.1 Å². The zero-order chi connectivity index (χ0) is 21.1. The fraction of sp³-hybridized carbons (Fsp3) is 0.200. The van der Waals surface area contributed by atoms with E-state index >= 15 is 0 Å². The van der Waals surface area contributed by atoms with E-state index in [-0.39, 0.29) is 5.91 Å². The van der Waals surface area contributed by atoms with E-state index < -0.39 is 0 Å². The number of carbonyl (C=O) groups excluding carboxylic acids is 1. The highest BCUT2D eigenvalue weighted by Gasteiger charge is 2.21. The monoisotopic (exact) mass is 432 g/mol. The first-order chi connectivity index (χ1) is 14.5. The molecule has 30 heavy (non-hydrogen) atoms. The molecule has 0 saturated carbocycles. The van der Waals surface area contributed by atoms with Crippen LogP contribution in [0.4, 0.5) is 5.13 Å². The summed E-state index contributed by atoms with van der Waals surface area (Å²) in [5, 5.41) is 0.761. The lowest BCUT2D eigenvalue weighted by Gasteiger charge is -2.20. The summed E-state index contributed by atoms with van der Waals surface area (Å²) < 4.78 is 1.12. The van der Waals surface area contributed by atoms with Crippen molar-refractivity contribution in [2.75, 3.05) is 10.7 Å². The molecule has 1 heterocycles. The Bertz CT molecular complexity index is 1170. The predicted molar refractivity (Wildman–Crippen MR) is 129 cm³/mol. The van der Waals surface area contributed by atoms with Crippen LogP contribution in [0.3, 0.4) is 0 Å². The molecule has 0 saturated heterocycles. The lowest BCUT2D eigenvalue weighted by atomic mass is 10.1. The maximum absolute atomic E-state index is 13.3. The molecular weight excluding hydrogens is 408 g/mol. The van der Waals surface area contributed by atoms with Crippen molar-refractivity contribution in [1.29, 1.82) is 0 Å². The molecule has 3 nitrogen and oxygen atoms in total. The van der Waals surface area contributed by atoms with Gasteiger partial charge in [0.15, 0.2) is 5.13 Å². The van der Waals surface area contributed by atoms with Crippen molar-refractivity contribution < 1.29 is 4.79 Å². The normalized spacial score (nSPS) is 11.0. The molecule has 0 aliphatic heterocycles. The van der Waals surface area contributed by atoms with Gasteiger partial charge in [-0.05, 0) is 55.7 Å². The number of thiazole rings is 1. The molecule has 4 rings (SSSR count). The van der Waals surface area contributed by atoms with Gasteiger partial charge in [-0.15, -0.1) is 11.8 Å². The van der Waals surface area contributed by atoms with Crippen LogP contribution in [0.2, 0.25) is 0 Å². The summed E-state index contributed by atoms with van der Waals surface area (Å²) in [6.07, 6.45) is 0. The fourth-order valence-corrected chi connectivity index (χ4v) is 5.29. The van der Waals surface area contributed by atoms with Crippen molar-refractivity contribution in [2.24, 2.45) is 0 Å². The van der Waals surface area contributed by atoms with Gasteiger partial charge < -0.3 is 0 Å². The van der Waals surface area contributed by atoms with Crippen LogP contribution in [0, 0.1) is 20.8 Å². The first kappa shape index (κ1) is 20.6. The Labute approximate surface area is 185 Å². The van der Waals surface area contributed by atoms with Crippen LogP contribution in [0.25, 0.3) is 10.2 Å². The molecule has 0 unspecified atom stereocenters. The minimum atomic E-state index is 0.0675. The van der Waals surface area contributed by atoms with Crippen LogP contribution >= 0.6 is 23.1 Å². The molecule has 5 heteroatoms. The average molecular weight is 433 g/mol. The van der Waals surface area contributed by atoms with Gasteiger partial charge in [0.25, 0.3) is 0 Å². The first-order valence-corrected chi connectivity index (χ1v) is 11.7. The number of amides is 1. The van der Waals surface area contributed by atoms with Gasteiger partial charge in [0, 0.05) is 4.90 Å². The van der Waals surface area contributed by atoms with Crippen LogP contribution in [0.1, 0.15) is 22.3 Å². The van der Waals surface area contributed by atoms with E-state index in [1.807, 2.05) is 23.1 Å². The summed E-state index contributed by atoms with van der Waals surface area (Å²) in [5.41, 5.74) is 5.66.